The average Bonchev–Trinajstić information content (AvgIpc) is 3.44. The quantitative estimate of drug-likeness (QED) is 0.248. The van der Waals surface area contributed by atoms with Crippen LogP contribution in [0.3, 0.4) is 0 Å². The van der Waals surface area contributed by atoms with E-state index < -0.39 is 0 Å². The SMILES string of the molecule is CC(C)c1cccc(Cn2cc(-c3cc(-c4cccc(C#N)c4)nc(NCCOc4ccccc4)n3)nn2)n1. The van der Waals surface area contributed by atoms with Gasteiger partial charge in [0.1, 0.15) is 18.1 Å². The summed E-state index contributed by atoms with van der Waals surface area (Å²) in [4.78, 5) is 14.1. The molecule has 194 valence electrons. The smallest absolute Gasteiger partial charge is 0.223 e. The number of nitrogens with zero attached hydrogens (tertiary/aromatic N) is 7. The van der Waals surface area contributed by atoms with Gasteiger partial charge in [0.05, 0.1) is 48.0 Å². The maximum absolute atomic E-state index is 9.37. The monoisotopic (exact) mass is 516 g/mol. The molecule has 0 radical (unpaired) electrons. The fourth-order valence-electron chi connectivity index (χ4n) is 3.97. The minimum absolute atomic E-state index is 0.347. The van der Waals surface area contributed by atoms with E-state index in [-0.39, 0.29) is 0 Å². The summed E-state index contributed by atoms with van der Waals surface area (Å²) in [7, 11) is 0. The van der Waals surface area contributed by atoms with Gasteiger partial charge in [0.15, 0.2) is 0 Å². The second kappa shape index (κ2) is 12.0. The van der Waals surface area contributed by atoms with Crippen molar-refractivity contribution in [3.8, 4) is 34.5 Å². The number of nitrogens with one attached hydrogen (secondary N) is 1. The van der Waals surface area contributed by atoms with Crippen LogP contribution in [0.15, 0.2) is 85.1 Å². The van der Waals surface area contributed by atoms with Crippen LogP contribution >= 0.6 is 0 Å². The predicted molar refractivity (Wildman–Crippen MR) is 149 cm³/mol. The van der Waals surface area contributed by atoms with Crippen LogP contribution < -0.4 is 10.1 Å². The van der Waals surface area contributed by atoms with Gasteiger partial charge in [-0.25, -0.2) is 14.6 Å². The zero-order valence-corrected chi connectivity index (χ0v) is 21.8. The van der Waals surface area contributed by atoms with E-state index in [2.05, 4.69) is 35.5 Å². The highest BCUT2D eigenvalue weighted by atomic mass is 16.5. The second-order valence-electron chi connectivity index (χ2n) is 9.25. The molecule has 2 aromatic carbocycles. The van der Waals surface area contributed by atoms with Crippen molar-refractivity contribution in [1.82, 2.24) is 29.9 Å². The number of nitriles is 1. The standard InChI is InChI=1S/C30H28N8O/c1-21(2)26-13-7-10-24(33-26)19-38-20-29(36-37-38)28-17-27(23-9-6-8-22(16-23)18-31)34-30(35-28)32-14-15-39-25-11-4-3-5-12-25/h3-13,16-17,20-21H,14-15,19H2,1-2H3,(H,32,34,35). The zero-order chi connectivity index (χ0) is 27.0. The minimum atomic E-state index is 0.347. The van der Waals surface area contributed by atoms with E-state index in [4.69, 9.17) is 19.7 Å². The Hall–Kier alpha value is -5.10. The molecule has 0 saturated carbocycles. The zero-order valence-electron chi connectivity index (χ0n) is 21.8. The third-order valence-electron chi connectivity index (χ3n) is 5.96. The summed E-state index contributed by atoms with van der Waals surface area (Å²) in [6.07, 6.45) is 1.85. The van der Waals surface area contributed by atoms with Gasteiger partial charge in [-0.1, -0.05) is 55.5 Å². The molecule has 0 fully saturated rings. The Morgan fingerprint density at radius 1 is 0.897 bits per heavy atom. The van der Waals surface area contributed by atoms with Crippen molar-refractivity contribution in [2.75, 3.05) is 18.5 Å². The molecule has 0 bridgehead atoms. The van der Waals surface area contributed by atoms with Crippen LogP contribution in [0.25, 0.3) is 22.6 Å². The molecular weight excluding hydrogens is 488 g/mol. The summed E-state index contributed by atoms with van der Waals surface area (Å²) < 4.78 is 7.54. The van der Waals surface area contributed by atoms with Crippen LogP contribution in [-0.2, 0) is 6.54 Å². The predicted octanol–water partition coefficient (Wildman–Crippen LogP) is 5.33. The highest BCUT2D eigenvalue weighted by molar-refractivity contribution is 5.68. The van der Waals surface area contributed by atoms with Crippen LogP contribution in [0.2, 0.25) is 0 Å². The van der Waals surface area contributed by atoms with Gasteiger partial charge in [0.25, 0.3) is 0 Å². The Morgan fingerprint density at radius 3 is 2.54 bits per heavy atom. The van der Waals surface area contributed by atoms with Gasteiger partial charge in [-0.15, -0.1) is 5.10 Å². The molecule has 0 aliphatic heterocycles. The van der Waals surface area contributed by atoms with Gasteiger partial charge >= 0.3 is 0 Å². The fraction of sp³-hybridized carbons (Fsp3) is 0.200. The molecule has 3 aromatic heterocycles. The number of pyridine rings is 1. The van der Waals surface area contributed by atoms with Gasteiger partial charge in [0, 0.05) is 11.3 Å². The average molecular weight is 517 g/mol. The molecule has 0 aliphatic rings. The summed E-state index contributed by atoms with van der Waals surface area (Å²) >= 11 is 0. The van der Waals surface area contributed by atoms with E-state index in [9.17, 15) is 5.26 Å². The number of hydrogen-bond donors (Lipinski definition) is 1. The Bertz CT molecular complexity index is 1590. The topological polar surface area (TPSA) is 114 Å². The Kier molecular flexibility index (Phi) is 7.84. The number of para-hydroxylation sites is 1. The van der Waals surface area contributed by atoms with Gasteiger partial charge < -0.3 is 10.1 Å². The molecule has 0 saturated heterocycles. The molecule has 9 nitrogen and oxygen atoms in total. The van der Waals surface area contributed by atoms with Crippen molar-refractivity contribution in [1.29, 1.82) is 5.26 Å². The first-order valence-electron chi connectivity index (χ1n) is 12.7. The maximum atomic E-state index is 9.37. The van der Waals surface area contributed by atoms with Crippen molar-refractivity contribution < 1.29 is 4.74 Å². The highest BCUT2D eigenvalue weighted by Gasteiger charge is 2.13. The first-order valence-corrected chi connectivity index (χ1v) is 12.7. The van der Waals surface area contributed by atoms with Crippen LogP contribution in [0.1, 0.15) is 36.7 Å². The molecule has 3 heterocycles. The van der Waals surface area contributed by atoms with Crippen molar-refractivity contribution in [2.45, 2.75) is 26.3 Å². The fourth-order valence-corrected chi connectivity index (χ4v) is 3.97. The van der Waals surface area contributed by atoms with Gasteiger partial charge in [0.2, 0.25) is 5.95 Å². The van der Waals surface area contributed by atoms with Gasteiger partial charge in [-0.05, 0) is 48.4 Å². The lowest BCUT2D eigenvalue weighted by atomic mass is 10.1. The van der Waals surface area contributed by atoms with E-state index in [1.165, 1.54) is 0 Å². The minimum Gasteiger partial charge on any atom is -0.492 e. The molecule has 0 spiro atoms. The first kappa shape index (κ1) is 25.5. The molecular formula is C30H28N8O. The number of anilines is 1. The molecule has 0 aliphatic carbocycles. The van der Waals surface area contributed by atoms with Crippen molar-refractivity contribution in [3.63, 3.8) is 0 Å². The Balaban J connectivity index is 1.39. The first-order chi connectivity index (χ1) is 19.1. The molecule has 0 unspecified atom stereocenters. The molecule has 1 N–H and O–H groups in total. The number of ether oxygens (including phenoxy) is 1. The second-order valence-corrected chi connectivity index (χ2v) is 9.25. The van der Waals surface area contributed by atoms with Gasteiger partial charge in [-0.2, -0.15) is 5.26 Å². The molecule has 39 heavy (non-hydrogen) atoms. The van der Waals surface area contributed by atoms with Crippen LogP contribution in [0.5, 0.6) is 5.75 Å². The van der Waals surface area contributed by atoms with Gasteiger partial charge in [-0.3, -0.25) is 4.98 Å². The third kappa shape index (κ3) is 6.62. The number of aromatic nitrogens is 6. The molecule has 0 amide bonds. The largest absolute Gasteiger partial charge is 0.492 e. The normalized spacial score (nSPS) is 10.8. The van der Waals surface area contributed by atoms with Crippen LogP contribution in [0.4, 0.5) is 5.95 Å². The number of rotatable bonds is 10. The summed E-state index contributed by atoms with van der Waals surface area (Å²) in [5, 5.41) is 21.3. The van der Waals surface area contributed by atoms with Crippen molar-refractivity contribution in [2.24, 2.45) is 0 Å². The lowest BCUT2D eigenvalue weighted by Gasteiger charge is -2.10. The molecule has 5 aromatic rings. The molecule has 0 atom stereocenters. The molecule has 9 heteroatoms. The summed E-state index contributed by atoms with van der Waals surface area (Å²) in [6.45, 7) is 5.68. The number of benzene rings is 2. The van der Waals surface area contributed by atoms with Crippen molar-refractivity contribution in [3.05, 3.63) is 102 Å². The Labute approximate surface area is 227 Å². The van der Waals surface area contributed by atoms with Crippen LogP contribution in [0, 0.1) is 11.3 Å². The van der Waals surface area contributed by atoms with E-state index in [0.29, 0.717) is 54.2 Å². The molecule has 5 rings (SSSR count). The van der Waals surface area contributed by atoms with E-state index in [0.717, 1.165) is 22.7 Å². The van der Waals surface area contributed by atoms with Crippen LogP contribution in [-0.4, -0.2) is 43.1 Å². The van der Waals surface area contributed by atoms with E-state index in [1.54, 1.807) is 16.8 Å². The maximum Gasteiger partial charge on any atom is 0.223 e. The summed E-state index contributed by atoms with van der Waals surface area (Å²) in [5.41, 5.74) is 5.21. The van der Waals surface area contributed by atoms with E-state index >= 15 is 0 Å². The van der Waals surface area contributed by atoms with Crippen molar-refractivity contribution >= 4 is 5.95 Å². The highest BCUT2D eigenvalue weighted by Crippen LogP contribution is 2.25. The summed E-state index contributed by atoms with van der Waals surface area (Å²) in [5.74, 6) is 1.58. The lowest BCUT2D eigenvalue weighted by Crippen LogP contribution is -2.14. The third-order valence-corrected chi connectivity index (χ3v) is 5.96. The van der Waals surface area contributed by atoms with E-state index in [1.807, 2.05) is 72.9 Å². The number of hydrogen-bond acceptors (Lipinski definition) is 8. The summed E-state index contributed by atoms with van der Waals surface area (Å²) in [6, 6.07) is 27.0. The Morgan fingerprint density at radius 2 is 1.72 bits per heavy atom. The lowest BCUT2D eigenvalue weighted by molar-refractivity contribution is 0.332.